The van der Waals surface area contributed by atoms with Crippen molar-refractivity contribution in [1.29, 1.82) is 0 Å². The van der Waals surface area contributed by atoms with Crippen molar-refractivity contribution >= 4 is 11.6 Å². The summed E-state index contributed by atoms with van der Waals surface area (Å²) in [5.41, 5.74) is 7.26. The van der Waals surface area contributed by atoms with Crippen LogP contribution in [-0.4, -0.2) is 12.5 Å². The van der Waals surface area contributed by atoms with Crippen molar-refractivity contribution in [3.8, 4) is 0 Å². The van der Waals surface area contributed by atoms with Gasteiger partial charge in [0.15, 0.2) is 0 Å². The maximum absolute atomic E-state index is 12.1. The summed E-state index contributed by atoms with van der Waals surface area (Å²) in [5, 5.41) is 2.95. The van der Waals surface area contributed by atoms with Crippen LogP contribution in [0.1, 0.15) is 39.7 Å². The van der Waals surface area contributed by atoms with Crippen molar-refractivity contribution in [3.63, 3.8) is 0 Å². The van der Waals surface area contributed by atoms with Crippen molar-refractivity contribution in [2.24, 2.45) is 17.1 Å². The highest BCUT2D eigenvalue weighted by Crippen LogP contribution is 2.22. The number of nitrogens with two attached hydrogens (primary N) is 1. The van der Waals surface area contributed by atoms with Crippen molar-refractivity contribution in [2.75, 3.05) is 11.9 Å². The van der Waals surface area contributed by atoms with Gasteiger partial charge in [-0.3, -0.25) is 4.79 Å². The van der Waals surface area contributed by atoms with Gasteiger partial charge in [-0.05, 0) is 43.0 Å². The van der Waals surface area contributed by atoms with Gasteiger partial charge in [0.1, 0.15) is 0 Å². The molecule has 0 aliphatic carbocycles. The standard InChI is InChI=1S/C16H26N2O/c1-12(2)11-13-5-7-14(8-6-13)18-15(19)16(3,4)9-10-17/h5-8,12H,9-11,17H2,1-4H3,(H,18,19). The molecule has 0 bridgehead atoms. The first-order valence-electron chi connectivity index (χ1n) is 6.95. The smallest absolute Gasteiger partial charge is 0.230 e. The highest BCUT2D eigenvalue weighted by Gasteiger charge is 2.26. The fourth-order valence-electron chi connectivity index (χ4n) is 1.97. The molecule has 0 fully saturated rings. The number of hydrogen-bond donors (Lipinski definition) is 2. The van der Waals surface area contributed by atoms with Gasteiger partial charge in [-0.25, -0.2) is 0 Å². The van der Waals surface area contributed by atoms with Gasteiger partial charge in [0.25, 0.3) is 0 Å². The van der Waals surface area contributed by atoms with Crippen molar-refractivity contribution < 1.29 is 4.79 Å². The quantitative estimate of drug-likeness (QED) is 0.827. The third kappa shape index (κ3) is 5.03. The lowest BCUT2D eigenvalue weighted by atomic mass is 9.88. The minimum atomic E-state index is -0.425. The molecule has 0 spiro atoms. The third-order valence-electron chi connectivity index (χ3n) is 3.24. The predicted octanol–water partition coefficient (Wildman–Crippen LogP) is 3.20. The van der Waals surface area contributed by atoms with E-state index in [2.05, 4.69) is 31.3 Å². The summed E-state index contributed by atoms with van der Waals surface area (Å²) in [7, 11) is 0. The predicted molar refractivity (Wildman–Crippen MR) is 81.1 cm³/mol. The van der Waals surface area contributed by atoms with Gasteiger partial charge in [-0.1, -0.05) is 39.8 Å². The molecule has 1 aromatic carbocycles. The average molecular weight is 262 g/mol. The van der Waals surface area contributed by atoms with Crippen LogP contribution < -0.4 is 11.1 Å². The normalized spacial score (nSPS) is 11.7. The second kappa shape index (κ2) is 6.71. The Morgan fingerprint density at radius 3 is 2.32 bits per heavy atom. The monoisotopic (exact) mass is 262 g/mol. The molecule has 0 aromatic heterocycles. The number of benzene rings is 1. The lowest BCUT2D eigenvalue weighted by Crippen LogP contribution is -2.32. The van der Waals surface area contributed by atoms with E-state index in [1.165, 1.54) is 5.56 Å². The Morgan fingerprint density at radius 2 is 1.84 bits per heavy atom. The zero-order valence-electron chi connectivity index (χ0n) is 12.5. The molecule has 106 valence electrons. The van der Waals surface area contributed by atoms with E-state index in [0.717, 1.165) is 12.1 Å². The Hall–Kier alpha value is -1.35. The van der Waals surface area contributed by atoms with Crippen molar-refractivity contribution in [3.05, 3.63) is 29.8 Å². The number of anilines is 1. The first-order valence-corrected chi connectivity index (χ1v) is 6.95. The van der Waals surface area contributed by atoms with E-state index in [1.807, 2.05) is 26.0 Å². The van der Waals surface area contributed by atoms with Gasteiger partial charge < -0.3 is 11.1 Å². The largest absolute Gasteiger partial charge is 0.330 e. The van der Waals surface area contributed by atoms with Crippen LogP contribution in [0.4, 0.5) is 5.69 Å². The second-order valence-corrected chi connectivity index (χ2v) is 6.17. The molecule has 3 N–H and O–H groups in total. The van der Waals surface area contributed by atoms with Crippen molar-refractivity contribution in [2.45, 2.75) is 40.5 Å². The Morgan fingerprint density at radius 1 is 1.26 bits per heavy atom. The maximum atomic E-state index is 12.1. The molecule has 1 aromatic rings. The average Bonchev–Trinajstić information content (AvgIpc) is 2.30. The van der Waals surface area contributed by atoms with Crippen LogP contribution >= 0.6 is 0 Å². The van der Waals surface area contributed by atoms with Gasteiger partial charge in [-0.15, -0.1) is 0 Å². The Bertz CT molecular complexity index is 407. The number of carbonyl (C=O) groups excluding carboxylic acids is 1. The SMILES string of the molecule is CC(C)Cc1ccc(NC(=O)C(C)(C)CCN)cc1. The van der Waals surface area contributed by atoms with Crippen LogP contribution in [-0.2, 0) is 11.2 Å². The molecule has 0 aliphatic rings. The second-order valence-electron chi connectivity index (χ2n) is 6.17. The molecular formula is C16H26N2O. The summed E-state index contributed by atoms with van der Waals surface area (Å²) >= 11 is 0. The zero-order chi connectivity index (χ0) is 14.5. The first kappa shape index (κ1) is 15.7. The number of nitrogens with one attached hydrogen (secondary N) is 1. The summed E-state index contributed by atoms with van der Waals surface area (Å²) in [6, 6.07) is 8.08. The minimum absolute atomic E-state index is 0.0227. The van der Waals surface area contributed by atoms with E-state index in [0.29, 0.717) is 18.9 Å². The number of carbonyl (C=O) groups is 1. The number of hydrogen-bond acceptors (Lipinski definition) is 2. The molecule has 1 rings (SSSR count). The summed E-state index contributed by atoms with van der Waals surface area (Å²) in [4.78, 5) is 12.1. The first-order chi connectivity index (χ1) is 8.85. The maximum Gasteiger partial charge on any atom is 0.230 e. The van der Waals surface area contributed by atoms with Crippen LogP contribution in [0.5, 0.6) is 0 Å². The van der Waals surface area contributed by atoms with Crippen LogP contribution in [0.2, 0.25) is 0 Å². The van der Waals surface area contributed by atoms with E-state index < -0.39 is 5.41 Å². The third-order valence-corrected chi connectivity index (χ3v) is 3.24. The molecule has 0 atom stereocenters. The van der Waals surface area contributed by atoms with E-state index in [-0.39, 0.29) is 5.91 Å². The van der Waals surface area contributed by atoms with Gasteiger partial charge in [0.05, 0.1) is 0 Å². The van der Waals surface area contributed by atoms with Gasteiger partial charge in [0.2, 0.25) is 5.91 Å². The molecule has 0 saturated heterocycles. The summed E-state index contributed by atoms with van der Waals surface area (Å²) in [6.07, 6.45) is 1.75. The topological polar surface area (TPSA) is 55.1 Å². The lowest BCUT2D eigenvalue weighted by Gasteiger charge is -2.22. The Balaban J connectivity index is 2.65. The summed E-state index contributed by atoms with van der Waals surface area (Å²) < 4.78 is 0. The fourth-order valence-corrected chi connectivity index (χ4v) is 1.97. The molecule has 3 nitrogen and oxygen atoms in total. The van der Waals surface area contributed by atoms with Crippen LogP contribution in [0, 0.1) is 11.3 Å². The van der Waals surface area contributed by atoms with Crippen LogP contribution in [0.3, 0.4) is 0 Å². The van der Waals surface area contributed by atoms with E-state index >= 15 is 0 Å². The summed E-state index contributed by atoms with van der Waals surface area (Å²) in [5.74, 6) is 0.665. The number of rotatable bonds is 6. The highest BCUT2D eigenvalue weighted by atomic mass is 16.2. The molecule has 0 saturated carbocycles. The molecule has 0 unspecified atom stereocenters. The van der Waals surface area contributed by atoms with Crippen LogP contribution in [0.15, 0.2) is 24.3 Å². The molecule has 3 heteroatoms. The molecule has 0 radical (unpaired) electrons. The fraction of sp³-hybridized carbons (Fsp3) is 0.562. The minimum Gasteiger partial charge on any atom is -0.330 e. The van der Waals surface area contributed by atoms with E-state index in [9.17, 15) is 4.79 Å². The number of amides is 1. The van der Waals surface area contributed by atoms with E-state index in [4.69, 9.17) is 5.73 Å². The van der Waals surface area contributed by atoms with Crippen LogP contribution in [0.25, 0.3) is 0 Å². The molecule has 0 aliphatic heterocycles. The molecular weight excluding hydrogens is 236 g/mol. The lowest BCUT2D eigenvalue weighted by molar-refractivity contribution is -0.124. The highest BCUT2D eigenvalue weighted by molar-refractivity contribution is 5.94. The van der Waals surface area contributed by atoms with Gasteiger partial charge >= 0.3 is 0 Å². The van der Waals surface area contributed by atoms with Crippen molar-refractivity contribution in [1.82, 2.24) is 0 Å². The van der Waals surface area contributed by atoms with Gasteiger partial charge in [0, 0.05) is 11.1 Å². The summed E-state index contributed by atoms with van der Waals surface area (Å²) in [6.45, 7) is 8.76. The molecule has 1 amide bonds. The van der Waals surface area contributed by atoms with E-state index in [1.54, 1.807) is 0 Å². The molecule has 0 heterocycles. The zero-order valence-corrected chi connectivity index (χ0v) is 12.5. The Labute approximate surface area is 116 Å². The molecule has 19 heavy (non-hydrogen) atoms. The Kier molecular flexibility index (Phi) is 5.55. The van der Waals surface area contributed by atoms with Gasteiger partial charge in [-0.2, -0.15) is 0 Å².